The molecular formula is C25H17ClF3NO4. The summed E-state index contributed by atoms with van der Waals surface area (Å²) in [6.45, 7) is 0. The smallest absolute Gasteiger partial charge is 0.416 e. The van der Waals surface area contributed by atoms with Crippen LogP contribution in [0, 0.1) is 0 Å². The van der Waals surface area contributed by atoms with Crippen molar-refractivity contribution in [2.75, 3.05) is 12.0 Å². The third kappa shape index (κ3) is 4.24. The number of anilines is 1. The maximum Gasteiger partial charge on any atom is 0.416 e. The van der Waals surface area contributed by atoms with E-state index in [2.05, 4.69) is 0 Å². The fraction of sp³-hybridized carbons (Fsp3) is 0.120. The first-order chi connectivity index (χ1) is 16.1. The van der Waals surface area contributed by atoms with E-state index in [-0.39, 0.29) is 21.8 Å². The molecule has 1 amide bonds. The second kappa shape index (κ2) is 8.87. The monoisotopic (exact) mass is 487 g/mol. The van der Waals surface area contributed by atoms with Gasteiger partial charge in [0.15, 0.2) is 0 Å². The van der Waals surface area contributed by atoms with Crippen LogP contribution in [0.25, 0.3) is 5.76 Å². The minimum atomic E-state index is -4.66. The van der Waals surface area contributed by atoms with E-state index in [4.69, 9.17) is 16.3 Å². The first-order valence-corrected chi connectivity index (χ1v) is 10.4. The molecule has 1 aliphatic rings. The molecule has 0 radical (unpaired) electrons. The summed E-state index contributed by atoms with van der Waals surface area (Å²) in [7, 11) is 1.43. The molecule has 1 heterocycles. The van der Waals surface area contributed by atoms with Gasteiger partial charge in [-0.3, -0.25) is 14.5 Å². The van der Waals surface area contributed by atoms with Crippen LogP contribution in [0.1, 0.15) is 22.7 Å². The largest absolute Gasteiger partial charge is 0.507 e. The molecule has 1 unspecified atom stereocenters. The number of aliphatic hydroxyl groups is 1. The number of methoxy groups -OCH3 is 1. The highest BCUT2D eigenvalue weighted by Gasteiger charge is 2.47. The Morgan fingerprint density at radius 2 is 1.71 bits per heavy atom. The van der Waals surface area contributed by atoms with Crippen molar-refractivity contribution < 1.29 is 32.6 Å². The SMILES string of the molecule is COc1cccc(C2/C(=C(\O)c3cccc(Cl)c3)C(=O)C(=O)N2c2cccc(C(F)(F)F)c2)c1. The molecule has 1 N–H and O–H groups in total. The Hall–Kier alpha value is -3.78. The van der Waals surface area contributed by atoms with Crippen molar-refractivity contribution in [3.05, 3.63) is 100 Å². The summed E-state index contributed by atoms with van der Waals surface area (Å²) >= 11 is 6.02. The fourth-order valence-corrected chi connectivity index (χ4v) is 4.04. The van der Waals surface area contributed by atoms with Crippen LogP contribution in [0.2, 0.25) is 5.02 Å². The summed E-state index contributed by atoms with van der Waals surface area (Å²) < 4.78 is 45.3. The summed E-state index contributed by atoms with van der Waals surface area (Å²) in [5.74, 6) is -2.21. The van der Waals surface area contributed by atoms with Crippen molar-refractivity contribution in [3.8, 4) is 5.75 Å². The highest BCUT2D eigenvalue weighted by Crippen LogP contribution is 2.44. The van der Waals surface area contributed by atoms with Crippen LogP contribution in [0.15, 0.2) is 78.4 Å². The minimum Gasteiger partial charge on any atom is -0.507 e. The third-order valence-corrected chi connectivity index (χ3v) is 5.64. The molecular weight excluding hydrogens is 471 g/mol. The number of carbonyl (C=O) groups is 2. The lowest BCUT2D eigenvalue weighted by molar-refractivity contribution is -0.137. The molecule has 5 nitrogen and oxygen atoms in total. The lowest BCUT2D eigenvalue weighted by Gasteiger charge is -2.26. The summed E-state index contributed by atoms with van der Waals surface area (Å²) in [5, 5.41) is 11.3. The van der Waals surface area contributed by atoms with Gasteiger partial charge in [0.2, 0.25) is 0 Å². The number of hydrogen-bond donors (Lipinski definition) is 1. The zero-order chi connectivity index (χ0) is 24.6. The van der Waals surface area contributed by atoms with Gasteiger partial charge in [0, 0.05) is 16.3 Å². The van der Waals surface area contributed by atoms with Crippen molar-refractivity contribution >= 4 is 34.7 Å². The Kier molecular flexibility index (Phi) is 6.10. The molecule has 3 aromatic carbocycles. The van der Waals surface area contributed by atoms with Gasteiger partial charge in [-0.05, 0) is 48.0 Å². The molecule has 34 heavy (non-hydrogen) atoms. The lowest BCUT2D eigenvalue weighted by Crippen LogP contribution is -2.29. The molecule has 1 saturated heterocycles. The zero-order valence-corrected chi connectivity index (χ0v) is 18.4. The number of halogens is 4. The highest BCUT2D eigenvalue weighted by molar-refractivity contribution is 6.51. The quantitative estimate of drug-likeness (QED) is 0.279. The summed E-state index contributed by atoms with van der Waals surface area (Å²) in [6, 6.07) is 15.3. The number of hydrogen-bond acceptors (Lipinski definition) is 4. The topological polar surface area (TPSA) is 66.8 Å². The Morgan fingerprint density at radius 3 is 2.38 bits per heavy atom. The highest BCUT2D eigenvalue weighted by atomic mass is 35.5. The van der Waals surface area contributed by atoms with Gasteiger partial charge in [0.1, 0.15) is 11.5 Å². The van der Waals surface area contributed by atoms with Gasteiger partial charge in [-0.25, -0.2) is 0 Å². The first-order valence-electron chi connectivity index (χ1n) is 10.00. The molecule has 0 aliphatic carbocycles. The van der Waals surface area contributed by atoms with Crippen molar-refractivity contribution in [2.24, 2.45) is 0 Å². The van der Waals surface area contributed by atoms with Crippen LogP contribution in [0.4, 0.5) is 18.9 Å². The number of ether oxygens (including phenoxy) is 1. The average molecular weight is 488 g/mol. The first kappa shape index (κ1) is 23.4. The number of ketones is 1. The molecule has 1 fully saturated rings. The van der Waals surface area contributed by atoms with E-state index in [9.17, 15) is 27.9 Å². The van der Waals surface area contributed by atoms with E-state index in [0.717, 1.165) is 23.1 Å². The number of alkyl halides is 3. The number of amides is 1. The number of rotatable bonds is 4. The molecule has 174 valence electrons. The number of aliphatic hydroxyl groups excluding tert-OH is 1. The Morgan fingerprint density at radius 1 is 1.00 bits per heavy atom. The number of Topliss-reactive ketones (excluding diaryl/α,β-unsaturated/α-hetero) is 1. The van der Waals surface area contributed by atoms with Gasteiger partial charge >= 0.3 is 6.18 Å². The predicted molar refractivity (Wildman–Crippen MR) is 121 cm³/mol. The molecule has 0 saturated carbocycles. The van der Waals surface area contributed by atoms with Gasteiger partial charge in [0.05, 0.1) is 24.3 Å². The molecule has 9 heteroatoms. The Balaban J connectivity index is 1.97. The van der Waals surface area contributed by atoms with Gasteiger partial charge in [-0.15, -0.1) is 0 Å². The van der Waals surface area contributed by atoms with Gasteiger partial charge < -0.3 is 9.84 Å². The maximum absolute atomic E-state index is 13.4. The Labute approximate surface area is 197 Å². The van der Waals surface area contributed by atoms with Crippen molar-refractivity contribution in [2.45, 2.75) is 12.2 Å². The van der Waals surface area contributed by atoms with Crippen LogP contribution in [0.5, 0.6) is 5.75 Å². The predicted octanol–water partition coefficient (Wildman–Crippen LogP) is 5.99. The van der Waals surface area contributed by atoms with E-state index >= 15 is 0 Å². The van der Waals surface area contributed by atoms with E-state index in [1.54, 1.807) is 36.4 Å². The number of nitrogens with zero attached hydrogens (tertiary/aromatic N) is 1. The van der Waals surface area contributed by atoms with Crippen LogP contribution >= 0.6 is 11.6 Å². The van der Waals surface area contributed by atoms with E-state index < -0.39 is 35.2 Å². The normalized spacial score (nSPS) is 17.8. The van der Waals surface area contributed by atoms with Gasteiger partial charge in [0.25, 0.3) is 11.7 Å². The number of carbonyl (C=O) groups excluding carboxylic acids is 2. The standard InChI is InChI=1S/C25H17ClF3NO4/c1-34-19-10-3-5-14(12-19)21-20(22(31)15-6-2-8-17(26)11-15)23(32)24(33)30(21)18-9-4-7-16(13-18)25(27,28)29/h2-13,21,31H,1H3/b22-20+. The summed E-state index contributed by atoms with van der Waals surface area (Å²) in [6.07, 6.45) is -4.66. The second-order valence-corrected chi connectivity index (χ2v) is 7.94. The molecule has 0 aromatic heterocycles. The molecule has 3 aromatic rings. The third-order valence-electron chi connectivity index (χ3n) is 5.40. The molecule has 4 rings (SSSR count). The van der Waals surface area contributed by atoms with Gasteiger partial charge in [-0.1, -0.05) is 41.9 Å². The second-order valence-electron chi connectivity index (χ2n) is 7.50. The molecule has 0 bridgehead atoms. The summed E-state index contributed by atoms with van der Waals surface area (Å²) in [4.78, 5) is 27.2. The van der Waals surface area contributed by atoms with Crippen molar-refractivity contribution in [1.29, 1.82) is 0 Å². The number of benzene rings is 3. The van der Waals surface area contributed by atoms with Crippen LogP contribution in [-0.2, 0) is 15.8 Å². The van der Waals surface area contributed by atoms with Crippen LogP contribution in [0.3, 0.4) is 0 Å². The minimum absolute atomic E-state index is 0.144. The van der Waals surface area contributed by atoms with E-state index in [1.807, 2.05) is 0 Å². The average Bonchev–Trinajstić information content (AvgIpc) is 3.08. The van der Waals surface area contributed by atoms with E-state index in [0.29, 0.717) is 11.3 Å². The Bertz CT molecular complexity index is 1320. The maximum atomic E-state index is 13.4. The fourth-order valence-electron chi connectivity index (χ4n) is 3.85. The zero-order valence-electron chi connectivity index (χ0n) is 17.6. The van der Waals surface area contributed by atoms with Crippen LogP contribution in [-0.4, -0.2) is 23.9 Å². The van der Waals surface area contributed by atoms with Crippen molar-refractivity contribution in [1.82, 2.24) is 0 Å². The van der Waals surface area contributed by atoms with Crippen LogP contribution < -0.4 is 9.64 Å². The van der Waals surface area contributed by atoms with Crippen molar-refractivity contribution in [3.63, 3.8) is 0 Å². The molecule has 1 aliphatic heterocycles. The van der Waals surface area contributed by atoms with E-state index in [1.165, 1.54) is 25.3 Å². The molecule has 1 atom stereocenters. The summed E-state index contributed by atoms with van der Waals surface area (Å²) in [5.41, 5.74) is -0.860. The lowest BCUT2D eigenvalue weighted by atomic mass is 9.95. The molecule has 0 spiro atoms. The van der Waals surface area contributed by atoms with Gasteiger partial charge in [-0.2, -0.15) is 13.2 Å².